The van der Waals surface area contributed by atoms with Crippen LogP contribution in [0.15, 0.2) is 30.5 Å². The average Bonchev–Trinajstić information content (AvgIpc) is 3.11. The zero-order valence-electron chi connectivity index (χ0n) is 16.6. The first-order valence-electron chi connectivity index (χ1n) is 10.1. The molecule has 2 saturated heterocycles. The van der Waals surface area contributed by atoms with Crippen molar-refractivity contribution in [2.75, 3.05) is 26.2 Å². The summed E-state index contributed by atoms with van der Waals surface area (Å²) in [7, 11) is 0. The van der Waals surface area contributed by atoms with Gasteiger partial charge in [0.1, 0.15) is 24.1 Å². The highest BCUT2D eigenvalue weighted by Crippen LogP contribution is 2.28. The smallest absolute Gasteiger partial charge is 0.237 e. The molecule has 0 N–H and O–H groups in total. The maximum absolute atomic E-state index is 13.6. The number of carbonyl (C=O) groups excluding carboxylic acids is 1. The Morgan fingerprint density at radius 3 is 2.90 bits per heavy atom. The van der Waals surface area contributed by atoms with Gasteiger partial charge in [-0.2, -0.15) is 5.26 Å². The monoisotopic (exact) mass is 396 g/mol. The van der Waals surface area contributed by atoms with Crippen LogP contribution in [0.25, 0.3) is 10.9 Å². The van der Waals surface area contributed by atoms with Crippen molar-refractivity contribution in [3.63, 3.8) is 0 Å². The average molecular weight is 396 g/mol. The first kappa shape index (κ1) is 19.6. The van der Waals surface area contributed by atoms with Crippen molar-refractivity contribution in [1.29, 1.82) is 5.26 Å². The Labute approximate surface area is 169 Å². The van der Waals surface area contributed by atoms with Gasteiger partial charge in [0.05, 0.1) is 24.7 Å². The van der Waals surface area contributed by atoms with Crippen molar-refractivity contribution >= 4 is 16.8 Å². The fraction of sp³-hybridized carbons (Fsp3) is 0.500. The third-order valence-electron chi connectivity index (χ3n) is 5.76. The Morgan fingerprint density at radius 2 is 2.14 bits per heavy atom. The standard InChI is InChI=1S/C22H25FN4O2/c1-15-2-3-20-19(10-15)21(4-7-25-20)29-18-5-8-26(9-6-18)14-22(28)27-13-16(23)11-17(27)12-24/h2-4,7,10,16-18H,5-6,8-9,11,13-14H2,1H3/t16-,17-/m0/s1. The third kappa shape index (κ3) is 4.33. The van der Waals surface area contributed by atoms with Crippen LogP contribution in [0.4, 0.5) is 4.39 Å². The molecular formula is C22H25FN4O2. The van der Waals surface area contributed by atoms with E-state index >= 15 is 0 Å². The summed E-state index contributed by atoms with van der Waals surface area (Å²) < 4.78 is 19.8. The Bertz CT molecular complexity index is 936. The molecule has 0 bridgehead atoms. The number of likely N-dealkylation sites (tertiary alicyclic amines) is 2. The number of fused-ring (bicyclic) bond motifs is 1. The minimum Gasteiger partial charge on any atom is -0.490 e. The number of aryl methyl sites for hydroxylation is 1. The first-order valence-corrected chi connectivity index (χ1v) is 10.1. The second kappa shape index (κ2) is 8.34. The summed E-state index contributed by atoms with van der Waals surface area (Å²) in [5, 5.41) is 10.1. The number of halogens is 1. The maximum Gasteiger partial charge on any atom is 0.237 e. The molecule has 1 aromatic carbocycles. The van der Waals surface area contributed by atoms with Gasteiger partial charge in [-0.3, -0.25) is 14.7 Å². The van der Waals surface area contributed by atoms with E-state index in [1.165, 1.54) is 4.90 Å². The van der Waals surface area contributed by atoms with Crippen molar-refractivity contribution in [3.05, 3.63) is 36.0 Å². The topological polar surface area (TPSA) is 69.5 Å². The molecule has 2 atom stereocenters. The number of carbonyl (C=O) groups is 1. The number of nitrogens with zero attached hydrogens (tertiary/aromatic N) is 4. The number of aromatic nitrogens is 1. The number of pyridine rings is 1. The van der Waals surface area contributed by atoms with Gasteiger partial charge in [0.2, 0.25) is 5.91 Å². The molecule has 3 heterocycles. The van der Waals surface area contributed by atoms with E-state index in [1.807, 2.05) is 31.2 Å². The molecule has 1 aromatic heterocycles. The predicted octanol–water partition coefficient (Wildman–Crippen LogP) is 2.85. The normalized spacial score (nSPS) is 23.3. The molecule has 2 fully saturated rings. The highest BCUT2D eigenvalue weighted by molar-refractivity contribution is 5.85. The van der Waals surface area contributed by atoms with E-state index in [9.17, 15) is 9.18 Å². The minimum absolute atomic E-state index is 0.0329. The number of hydrogen-bond donors (Lipinski definition) is 0. The van der Waals surface area contributed by atoms with Crippen LogP contribution in [0, 0.1) is 18.3 Å². The zero-order chi connectivity index (χ0) is 20.4. The molecular weight excluding hydrogens is 371 g/mol. The number of ether oxygens (including phenoxy) is 1. The summed E-state index contributed by atoms with van der Waals surface area (Å²) >= 11 is 0. The summed E-state index contributed by atoms with van der Waals surface area (Å²) in [6.07, 6.45) is 2.51. The predicted molar refractivity (Wildman–Crippen MR) is 107 cm³/mol. The number of piperidine rings is 1. The maximum atomic E-state index is 13.6. The van der Waals surface area contributed by atoms with Crippen molar-refractivity contribution in [3.8, 4) is 11.8 Å². The van der Waals surface area contributed by atoms with Crippen LogP contribution in [0.1, 0.15) is 24.8 Å². The Kier molecular flexibility index (Phi) is 5.63. The second-order valence-electron chi connectivity index (χ2n) is 7.95. The molecule has 1 amide bonds. The molecule has 4 rings (SSSR count). The number of benzene rings is 1. The van der Waals surface area contributed by atoms with E-state index in [1.54, 1.807) is 6.20 Å². The first-order chi connectivity index (χ1) is 14.0. The molecule has 0 spiro atoms. The lowest BCUT2D eigenvalue weighted by molar-refractivity contribution is -0.133. The summed E-state index contributed by atoms with van der Waals surface area (Å²) in [6.45, 7) is 3.79. The van der Waals surface area contributed by atoms with E-state index in [4.69, 9.17) is 10.00 Å². The molecule has 6 nitrogen and oxygen atoms in total. The minimum atomic E-state index is -1.10. The van der Waals surface area contributed by atoms with Crippen LogP contribution < -0.4 is 4.74 Å². The largest absolute Gasteiger partial charge is 0.490 e. The van der Waals surface area contributed by atoms with Crippen molar-refractivity contribution in [1.82, 2.24) is 14.8 Å². The van der Waals surface area contributed by atoms with Gasteiger partial charge in [0, 0.05) is 31.1 Å². The molecule has 0 unspecified atom stereocenters. The Balaban J connectivity index is 1.33. The van der Waals surface area contributed by atoms with Gasteiger partial charge in [-0.1, -0.05) is 11.6 Å². The number of nitriles is 1. The molecule has 0 aliphatic carbocycles. The van der Waals surface area contributed by atoms with Gasteiger partial charge >= 0.3 is 0 Å². The van der Waals surface area contributed by atoms with Crippen molar-refractivity contribution < 1.29 is 13.9 Å². The highest BCUT2D eigenvalue weighted by atomic mass is 19.1. The molecule has 29 heavy (non-hydrogen) atoms. The van der Waals surface area contributed by atoms with Crippen LogP contribution in [0.2, 0.25) is 0 Å². The molecule has 152 valence electrons. The summed E-state index contributed by atoms with van der Waals surface area (Å²) in [6, 6.07) is 9.43. The fourth-order valence-electron chi connectivity index (χ4n) is 4.17. The third-order valence-corrected chi connectivity index (χ3v) is 5.76. The Morgan fingerprint density at radius 1 is 1.34 bits per heavy atom. The van der Waals surface area contributed by atoms with Crippen LogP contribution >= 0.6 is 0 Å². The van der Waals surface area contributed by atoms with Gasteiger partial charge in [-0.15, -0.1) is 0 Å². The van der Waals surface area contributed by atoms with Crippen LogP contribution in [0.3, 0.4) is 0 Å². The quantitative estimate of drug-likeness (QED) is 0.795. The van der Waals surface area contributed by atoms with E-state index < -0.39 is 12.2 Å². The summed E-state index contributed by atoms with van der Waals surface area (Å²) in [5.74, 6) is 0.683. The van der Waals surface area contributed by atoms with Crippen LogP contribution in [-0.4, -0.2) is 65.2 Å². The molecule has 2 aliphatic rings. The van der Waals surface area contributed by atoms with Gasteiger partial charge in [-0.25, -0.2) is 4.39 Å². The fourth-order valence-corrected chi connectivity index (χ4v) is 4.17. The lowest BCUT2D eigenvalue weighted by Crippen LogP contribution is -2.46. The number of rotatable bonds is 4. The van der Waals surface area contributed by atoms with E-state index in [-0.39, 0.29) is 31.5 Å². The molecule has 7 heteroatoms. The second-order valence-corrected chi connectivity index (χ2v) is 7.95. The summed E-state index contributed by atoms with van der Waals surface area (Å²) in [5.41, 5.74) is 2.08. The SMILES string of the molecule is Cc1ccc2nccc(OC3CCN(CC(=O)N4C[C@@H](F)C[C@H]4C#N)CC3)c2c1. The zero-order valence-corrected chi connectivity index (χ0v) is 16.6. The number of hydrogen-bond acceptors (Lipinski definition) is 5. The van der Waals surface area contributed by atoms with Gasteiger partial charge < -0.3 is 9.64 Å². The van der Waals surface area contributed by atoms with Gasteiger partial charge in [0.15, 0.2) is 0 Å². The number of alkyl halides is 1. The highest BCUT2D eigenvalue weighted by Gasteiger charge is 2.36. The lowest BCUT2D eigenvalue weighted by atomic mass is 10.1. The molecule has 2 aromatic rings. The lowest BCUT2D eigenvalue weighted by Gasteiger charge is -2.33. The van der Waals surface area contributed by atoms with Gasteiger partial charge in [-0.05, 0) is 38.0 Å². The van der Waals surface area contributed by atoms with E-state index in [2.05, 4.69) is 16.0 Å². The number of amides is 1. The Hall–Kier alpha value is -2.72. The molecule has 2 aliphatic heterocycles. The van der Waals surface area contributed by atoms with Crippen molar-refractivity contribution in [2.45, 2.75) is 44.5 Å². The van der Waals surface area contributed by atoms with Crippen LogP contribution in [-0.2, 0) is 4.79 Å². The molecule has 0 saturated carbocycles. The van der Waals surface area contributed by atoms with Crippen molar-refractivity contribution in [2.24, 2.45) is 0 Å². The molecule has 0 radical (unpaired) electrons. The van der Waals surface area contributed by atoms with Gasteiger partial charge in [0.25, 0.3) is 0 Å². The van der Waals surface area contributed by atoms with Crippen LogP contribution in [0.5, 0.6) is 5.75 Å². The van der Waals surface area contributed by atoms with E-state index in [0.29, 0.717) is 0 Å². The summed E-state index contributed by atoms with van der Waals surface area (Å²) in [4.78, 5) is 20.4. The van der Waals surface area contributed by atoms with E-state index in [0.717, 1.165) is 48.1 Å².